The minimum atomic E-state index is -0.838. The molecule has 1 amide bonds. The summed E-state index contributed by atoms with van der Waals surface area (Å²) in [6.07, 6.45) is 8.19. The minimum absolute atomic E-state index is 0.153. The summed E-state index contributed by atoms with van der Waals surface area (Å²) in [5.74, 6) is 0. The Balaban J connectivity index is 1.84. The van der Waals surface area contributed by atoms with Gasteiger partial charge in [-0.05, 0) is 18.9 Å². The Kier molecular flexibility index (Phi) is 2.14. The van der Waals surface area contributed by atoms with Crippen LogP contribution in [0.4, 0.5) is 4.79 Å². The molecule has 3 aliphatic rings. The smallest absolute Gasteiger partial charge is 0.407 e. The molecule has 0 aliphatic carbocycles. The van der Waals surface area contributed by atoms with E-state index in [0.717, 1.165) is 24.1 Å². The van der Waals surface area contributed by atoms with Gasteiger partial charge in [-0.15, -0.1) is 0 Å². The van der Waals surface area contributed by atoms with Crippen molar-refractivity contribution < 1.29 is 9.90 Å². The lowest BCUT2D eigenvalue weighted by atomic mass is 9.72. The average molecular weight is 231 g/mol. The first-order valence-corrected chi connectivity index (χ1v) is 5.69. The quantitative estimate of drug-likeness (QED) is 0.689. The molecule has 17 heavy (non-hydrogen) atoms. The molecule has 3 rings (SSSR count). The summed E-state index contributed by atoms with van der Waals surface area (Å²) in [6.45, 7) is 1.10. The Morgan fingerprint density at radius 2 is 2.18 bits per heavy atom. The molecule has 0 saturated carbocycles. The third kappa shape index (κ3) is 1.50. The van der Waals surface area contributed by atoms with Crippen molar-refractivity contribution in [1.29, 1.82) is 0 Å². The molecule has 0 aromatic heterocycles. The van der Waals surface area contributed by atoms with E-state index in [2.05, 4.69) is 9.98 Å². The number of piperidine rings is 1. The molecule has 3 heterocycles. The molecule has 0 radical (unpaired) electrons. The van der Waals surface area contributed by atoms with Crippen LogP contribution in [0.15, 0.2) is 34.0 Å². The Bertz CT molecular complexity index is 480. The van der Waals surface area contributed by atoms with Gasteiger partial charge in [-0.2, -0.15) is 0 Å². The van der Waals surface area contributed by atoms with Gasteiger partial charge < -0.3 is 10.0 Å². The number of rotatable bonds is 0. The van der Waals surface area contributed by atoms with E-state index in [9.17, 15) is 4.79 Å². The number of nitrogens with zero attached hydrogens (tertiary/aromatic N) is 3. The first-order chi connectivity index (χ1) is 8.21. The second-order valence-electron chi connectivity index (χ2n) is 4.58. The van der Waals surface area contributed by atoms with E-state index >= 15 is 0 Å². The highest BCUT2D eigenvalue weighted by Gasteiger charge is 2.41. The van der Waals surface area contributed by atoms with E-state index in [1.54, 1.807) is 6.20 Å². The van der Waals surface area contributed by atoms with Crippen LogP contribution in [0.1, 0.15) is 12.8 Å². The zero-order valence-electron chi connectivity index (χ0n) is 9.33. The van der Waals surface area contributed by atoms with Crippen molar-refractivity contribution in [1.82, 2.24) is 4.90 Å². The van der Waals surface area contributed by atoms with E-state index in [0.29, 0.717) is 13.1 Å². The molecular weight excluding hydrogens is 218 g/mol. The summed E-state index contributed by atoms with van der Waals surface area (Å²) < 4.78 is 0. The van der Waals surface area contributed by atoms with Gasteiger partial charge in [0.2, 0.25) is 0 Å². The standard InChI is InChI=1S/C12H13N3O2/c16-11(17)15-5-2-12(3-6-15)8-13-7-9-1-4-14-10(9)12/h1,4,7-8H,2-3,5-6H2,(H,16,17). The van der Waals surface area contributed by atoms with E-state index in [-0.39, 0.29) is 5.41 Å². The van der Waals surface area contributed by atoms with Crippen molar-refractivity contribution in [2.45, 2.75) is 12.8 Å². The predicted molar refractivity (Wildman–Crippen MR) is 64.4 cm³/mol. The molecule has 0 aromatic carbocycles. The fourth-order valence-electron chi connectivity index (χ4n) is 2.65. The van der Waals surface area contributed by atoms with Gasteiger partial charge in [0, 0.05) is 37.3 Å². The van der Waals surface area contributed by atoms with Gasteiger partial charge in [0.05, 0.1) is 11.1 Å². The summed E-state index contributed by atoms with van der Waals surface area (Å²) in [5.41, 5.74) is 1.97. The molecular formula is C12H13N3O2. The van der Waals surface area contributed by atoms with Gasteiger partial charge in [0.15, 0.2) is 0 Å². The van der Waals surface area contributed by atoms with E-state index < -0.39 is 6.09 Å². The first-order valence-electron chi connectivity index (χ1n) is 5.69. The first kappa shape index (κ1) is 10.3. The number of carboxylic acid groups (broad SMARTS) is 1. The highest BCUT2D eigenvalue weighted by molar-refractivity contribution is 6.17. The Morgan fingerprint density at radius 1 is 1.41 bits per heavy atom. The zero-order chi connectivity index (χ0) is 11.9. The summed E-state index contributed by atoms with van der Waals surface area (Å²) >= 11 is 0. The number of hydrogen-bond acceptors (Lipinski definition) is 3. The third-order valence-electron chi connectivity index (χ3n) is 3.66. The van der Waals surface area contributed by atoms with Crippen molar-refractivity contribution in [3.05, 3.63) is 24.0 Å². The van der Waals surface area contributed by atoms with E-state index in [1.807, 2.05) is 18.5 Å². The lowest BCUT2D eigenvalue weighted by Gasteiger charge is -2.39. The second-order valence-corrected chi connectivity index (χ2v) is 4.58. The minimum Gasteiger partial charge on any atom is -0.465 e. The third-order valence-corrected chi connectivity index (χ3v) is 3.66. The number of carbonyl (C=O) groups is 1. The molecule has 88 valence electrons. The molecule has 1 saturated heterocycles. The highest BCUT2D eigenvalue weighted by atomic mass is 16.4. The number of fused-ring (bicyclic) bond motifs is 2. The topological polar surface area (TPSA) is 65.3 Å². The maximum atomic E-state index is 10.9. The Labute approximate surface area is 98.9 Å². The molecule has 0 bridgehead atoms. The molecule has 1 N–H and O–H groups in total. The van der Waals surface area contributed by atoms with Gasteiger partial charge in [0.1, 0.15) is 0 Å². The van der Waals surface area contributed by atoms with Crippen molar-refractivity contribution in [3.8, 4) is 0 Å². The number of likely N-dealkylation sites (tertiary alicyclic amines) is 1. The zero-order valence-corrected chi connectivity index (χ0v) is 9.33. The summed E-state index contributed by atoms with van der Waals surface area (Å²) in [5, 5.41) is 8.95. The number of allylic oxidation sites excluding steroid dienone is 2. The summed E-state index contributed by atoms with van der Waals surface area (Å²) in [6, 6.07) is 0. The molecule has 5 nitrogen and oxygen atoms in total. The van der Waals surface area contributed by atoms with Crippen LogP contribution in [-0.4, -0.2) is 41.1 Å². The van der Waals surface area contributed by atoms with Crippen LogP contribution < -0.4 is 0 Å². The molecule has 0 unspecified atom stereocenters. The normalized spacial score (nSPS) is 24.6. The fraction of sp³-hybridized carbons (Fsp3) is 0.417. The van der Waals surface area contributed by atoms with Crippen molar-refractivity contribution >= 4 is 18.0 Å². The fourth-order valence-corrected chi connectivity index (χ4v) is 2.65. The largest absolute Gasteiger partial charge is 0.465 e. The van der Waals surface area contributed by atoms with Crippen LogP contribution in [0.2, 0.25) is 0 Å². The number of hydrogen-bond donors (Lipinski definition) is 1. The van der Waals surface area contributed by atoms with E-state index in [1.165, 1.54) is 4.90 Å². The highest BCUT2D eigenvalue weighted by Crippen LogP contribution is 2.38. The van der Waals surface area contributed by atoms with Crippen LogP contribution in [0, 0.1) is 5.41 Å². The molecule has 0 atom stereocenters. The van der Waals surface area contributed by atoms with Gasteiger partial charge in [-0.25, -0.2) is 4.79 Å². The maximum absolute atomic E-state index is 10.9. The molecule has 1 fully saturated rings. The van der Waals surface area contributed by atoms with Crippen LogP contribution >= 0.6 is 0 Å². The average Bonchev–Trinajstić information content (AvgIpc) is 2.80. The van der Waals surface area contributed by atoms with Gasteiger partial charge in [0.25, 0.3) is 0 Å². The summed E-state index contributed by atoms with van der Waals surface area (Å²) in [4.78, 5) is 21.0. The second kappa shape index (κ2) is 3.55. The van der Waals surface area contributed by atoms with Crippen LogP contribution in [0.3, 0.4) is 0 Å². The molecule has 3 aliphatic heterocycles. The predicted octanol–water partition coefficient (Wildman–Crippen LogP) is 1.68. The van der Waals surface area contributed by atoms with Crippen LogP contribution in [0.5, 0.6) is 0 Å². The molecule has 5 heteroatoms. The van der Waals surface area contributed by atoms with Crippen LogP contribution in [0.25, 0.3) is 0 Å². The van der Waals surface area contributed by atoms with Gasteiger partial charge >= 0.3 is 6.09 Å². The van der Waals surface area contributed by atoms with Gasteiger partial charge in [-0.1, -0.05) is 0 Å². The molecule has 1 spiro atoms. The SMILES string of the molecule is O=C(O)N1CCC2(C=NC=C3C=CN=C32)CC1. The number of amides is 1. The van der Waals surface area contributed by atoms with Gasteiger partial charge in [-0.3, -0.25) is 9.98 Å². The Hall–Kier alpha value is -1.91. The maximum Gasteiger partial charge on any atom is 0.407 e. The van der Waals surface area contributed by atoms with Crippen molar-refractivity contribution in [2.75, 3.05) is 13.1 Å². The van der Waals surface area contributed by atoms with Crippen molar-refractivity contribution in [2.24, 2.45) is 15.4 Å². The monoisotopic (exact) mass is 231 g/mol. The Morgan fingerprint density at radius 3 is 2.88 bits per heavy atom. The lowest BCUT2D eigenvalue weighted by molar-refractivity contribution is 0.126. The van der Waals surface area contributed by atoms with E-state index in [4.69, 9.17) is 5.11 Å². The van der Waals surface area contributed by atoms with Crippen molar-refractivity contribution in [3.63, 3.8) is 0 Å². The molecule has 0 aromatic rings. The lowest BCUT2D eigenvalue weighted by Crippen LogP contribution is -2.47. The summed E-state index contributed by atoms with van der Waals surface area (Å²) in [7, 11) is 0. The number of aliphatic imine (C=N–C) groups is 2. The van der Waals surface area contributed by atoms with Crippen LogP contribution in [-0.2, 0) is 0 Å².